The van der Waals surface area contributed by atoms with Crippen LogP contribution in [0.5, 0.6) is 0 Å². The molecule has 1 N–H and O–H groups in total. The number of rotatable bonds is 7. The number of nitrogens with zero attached hydrogens (tertiary/aromatic N) is 4. The summed E-state index contributed by atoms with van der Waals surface area (Å²) >= 11 is 0. The maximum absolute atomic E-state index is 14.1. The van der Waals surface area contributed by atoms with Crippen molar-refractivity contribution < 1.29 is 19.1 Å². The number of carbonyl (C=O) groups is 2. The molecule has 1 atom stereocenters. The van der Waals surface area contributed by atoms with Gasteiger partial charge < -0.3 is 14.9 Å². The lowest BCUT2D eigenvalue weighted by Gasteiger charge is -2.26. The Labute approximate surface area is 197 Å². The number of aromatic nitrogens is 2. The molecule has 2 heterocycles. The Morgan fingerprint density at radius 3 is 2.53 bits per heavy atom. The number of ketones is 1. The summed E-state index contributed by atoms with van der Waals surface area (Å²) in [6.07, 6.45) is 2.09. The first-order chi connectivity index (χ1) is 16.3. The van der Waals surface area contributed by atoms with Gasteiger partial charge in [-0.2, -0.15) is 5.10 Å². The van der Waals surface area contributed by atoms with Gasteiger partial charge in [0, 0.05) is 6.54 Å². The highest BCUT2D eigenvalue weighted by Gasteiger charge is 2.46. The van der Waals surface area contributed by atoms with Crippen LogP contribution in [0.3, 0.4) is 0 Å². The van der Waals surface area contributed by atoms with Crippen molar-refractivity contribution in [3.8, 4) is 5.69 Å². The van der Waals surface area contributed by atoms with Crippen LogP contribution in [0.2, 0.25) is 0 Å². The van der Waals surface area contributed by atoms with E-state index in [4.69, 9.17) is 0 Å². The number of likely N-dealkylation sites (tertiary alicyclic amines) is 1. The van der Waals surface area contributed by atoms with Crippen LogP contribution in [0.25, 0.3) is 11.4 Å². The summed E-state index contributed by atoms with van der Waals surface area (Å²) < 4.78 is 15.8. The molecule has 7 nitrogen and oxygen atoms in total. The van der Waals surface area contributed by atoms with Crippen molar-refractivity contribution in [2.75, 3.05) is 27.2 Å². The van der Waals surface area contributed by atoms with Gasteiger partial charge in [-0.1, -0.05) is 30.3 Å². The lowest BCUT2D eigenvalue weighted by atomic mass is 9.95. The lowest BCUT2D eigenvalue weighted by molar-refractivity contribution is -0.139. The molecule has 176 valence electrons. The van der Waals surface area contributed by atoms with Crippen LogP contribution in [-0.2, 0) is 9.59 Å². The quantitative estimate of drug-likeness (QED) is 0.329. The monoisotopic (exact) mass is 462 g/mol. The van der Waals surface area contributed by atoms with Crippen LogP contribution in [-0.4, -0.2) is 63.6 Å². The largest absolute Gasteiger partial charge is 0.507 e. The smallest absolute Gasteiger partial charge is 0.295 e. The first kappa shape index (κ1) is 23.4. The van der Waals surface area contributed by atoms with Gasteiger partial charge >= 0.3 is 0 Å². The van der Waals surface area contributed by atoms with Crippen LogP contribution < -0.4 is 0 Å². The number of benzene rings is 2. The van der Waals surface area contributed by atoms with Gasteiger partial charge in [-0.15, -0.1) is 0 Å². The molecule has 0 saturated carbocycles. The average molecular weight is 463 g/mol. The van der Waals surface area contributed by atoms with Crippen molar-refractivity contribution in [3.05, 3.63) is 89.0 Å². The van der Waals surface area contributed by atoms with E-state index in [9.17, 15) is 19.1 Å². The van der Waals surface area contributed by atoms with E-state index in [0.29, 0.717) is 36.3 Å². The van der Waals surface area contributed by atoms with E-state index >= 15 is 0 Å². The third kappa shape index (κ3) is 4.36. The summed E-state index contributed by atoms with van der Waals surface area (Å²) in [5, 5.41) is 15.7. The Morgan fingerprint density at radius 1 is 1.12 bits per heavy atom. The molecule has 4 rings (SSSR count). The van der Waals surface area contributed by atoms with E-state index in [-0.39, 0.29) is 11.3 Å². The van der Waals surface area contributed by atoms with Gasteiger partial charge in [0.15, 0.2) is 0 Å². The maximum Gasteiger partial charge on any atom is 0.295 e. The highest BCUT2D eigenvalue weighted by Crippen LogP contribution is 2.40. The molecule has 1 unspecified atom stereocenters. The molecule has 8 heteroatoms. The molecule has 1 aromatic heterocycles. The molecule has 1 amide bonds. The zero-order valence-corrected chi connectivity index (χ0v) is 19.4. The summed E-state index contributed by atoms with van der Waals surface area (Å²) in [6.45, 7) is 2.78. The van der Waals surface area contributed by atoms with Gasteiger partial charge in [0.25, 0.3) is 11.7 Å². The molecule has 34 heavy (non-hydrogen) atoms. The van der Waals surface area contributed by atoms with Gasteiger partial charge in [-0.05, 0) is 63.8 Å². The van der Waals surface area contributed by atoms with E-state index in [1.807, 2.05) is 49.3 Å². The minimum absolute atomic E-state index is 0.0591. The fraction of sp³-hybridized carbons (Fsp3) is 0.269. The minimum atomic E-state index is -0.891. The van der Waals surface area contributed by atoms with Crippen LogP contribution in [0.15, 0.2) is 66.4 Å². The predicted octanol–water partition coefficient (Wildman–Crippen LogP) is 3.69. The zero-order chi connectivity index (χ0) is 24.4. The molecule has 3 aromatic rings. The van der Waals surface area contributed by atoms with Crippen molar-refractivity contribution in [2.24, 2.45) is 0 Å². The van der Waals surface area contributed by atoms with Gasteiger partial charge in [0.2, 0.25) is 0 Å². The van der Waals surface area contributed by atoms with Gasteiger partial charge in [0.1, 0.15) is 11.6 Å². The van der Waals surface area contributed by atoms with Gasteiger partial charge in [-0.3, -0.25) is 9.59 Å². The van der Waals surface area contributed by atoms with Crippen LogP contribution >= 0.6 is 0 Å². The third-order valence-corrected chi connectivity index (χ3v) is 5.97. The number of carbonyl (C=O) groups excluding carboxylic acids is 2. The van der Waals surface area contributed by atoms with E-state index in [1.165, 1.54) is 29.3 Å². The molecule has 0 spiro atoms. The fourth-order valence-corrected chi connectivity index (χ4v) is 4.31. The van der Waals surface area contributed by atoms with Crippen molar-refractivity contribution in [2.45, 2.75) is 19.4 Å². The normalized spacial score (nSPS) is 17.7. The maximum atomic E-state index is 14.1. The second-order valence-electron chi connectivity index (χ2n) is 8.60. The lowest BCUT2D eigenvalue weighted by Crippen LogP contribution is -2.32. The fourth-order valence-electron chi connectivity index (χ4n) is 4.31. The molecular weight excluding hydrogens is 435 g/mol. The number of hydrogen-bond donors (Lipinski definition) is 1. The summed E-state index contributed by atoms with van der Waals surface area (Å²) in [7, 11) is 3.84. The first-order valence-electron chi connectivity index (χ1n) is 11.1. The standard InChI is InChI=1S/C26H27FN4O3/c1-17-21(16-28-31(17)20-11-5-4-6-12-20)24(32)22-23(18-9-7-10-19(27)15-18)30(26(34)25(22)33)14-8-13-29(2)3/h4-7,9-12,15-16,23,32H,8,13-14H2,1-3H3/b24-22-. The number of Topliss-reactive ketones (excluding diaryl/α,β-unsaturated/α-hetero) is 1. The van der Waals surface area contributed by atoms with Crippen molar-refractivity contribution in [3.63, 3.8) is 0 Å². The third-order valence-electron chi connectivity index (χ3n) is 5.97. The van der Waals surface area contributed by atoms with Crippen molar-refractivity contribution >= 4 is 17.4 Å². The average Bonchev–Trinajstić information content (AvgIpc) is 3.32. The van der Waals surface area contributed by atoms with Crippen LogP contribution in [0, 0.1) is 12.7 Å². The molecular formula is C26H27FN4O3. The second-order valence-corrected chi connectivity index (χ2v) is 8.60. The van der Waals surface area contributed by atoms with E-state index < -0.39 is 23.5 Å². The Morgan fingerprint density at radius 2 is 1.85 bits per heavy atom. The predicted molar refractivity (Wildman–Crippen MR) is 127 cm³/mol. The molecule has 1 aliphatic rings. The highest BCUT2D eigenvalue weighted by atomic mass is 19.1. The Balaban J connectivity index is 1.81. The summed E-state index contributed by atoms with van der Waals surface area (Å²) in [5.41, 5.74) is 2.12. The zero-order valence-electron chi connectivity index (χ0n) is 19.4. The molecule has 0 aliphatic carbocycles. The Hall–Kier alpha value is -3.78. The number of aliphatic hydroxyl groups is 1. The number of para-hydroxylation sites is 1. The first-order valence-corrected chi connectivity index (χ1v) is 11.1. The summed E-state index contributed by atoms with van der Waals surface area (Å²) in [6, 6.07) is 14.3. The summed E-state index contributed by atoms with van der Waals surface area (Å²) in [5.74, 6) is -2.29. The molecule has 2 aromatic carbocycles. The van der Waals surface area contributed by atoms with Crippen molar-refractivity contribution in [1.82, 2.24) is 19.6 Å². The van der Waals surface area contributed by atoms with Crippen molar-refractivity contribution in [1.29, 1.82) is 0 Å². The molecule has 0 radical (unpaired) electrons. The number of hydrogen-bond acceptors (Lipinski definition) is 5. The molecule has 1 aliphatic heterocycles. The Kier molecular flexibility index (Phi) is 6.61. The molecule has 1 fully saturated rings. The SMILES string of the molecule is Cc1c(/C(O)=C2/C(=O)C(=O)N(CCCN(C)C)C2c2cccc(F)c2)cnn1-c1ccccc1. The number of aliphatic hydroxyl groups excluding tert-OH is 1. The molecule has 1 saturated heterocycles. The number of halogens is 1. The van der Waals surface area contributed by atoms with Crippen LogP contribution in [0.4, 0.5) is 4.39 Å². The minimum Gasteiger partial charge on any atom is -0.507 e. The van der Waals surface area contributed by atoms with Gasteiger partial charge in [0.05, 0.1) is 34.8 Å². The number of amides is 1. The molecule has 0 bridgehead atoms. The van der Waals surface area contributed by atoms with E-state index in [2.05, 4.69) is 5.10 Å². The summed E-state index contributed by atoms with van der Waals surface area (Å²) in [4.78, 5) is 29.6. The second kappa shape index (κ2) is 9.61. The highest BCUT2D eigenvalue weighted by molar-refractivity contribution is 6.46. The topological polar surface area (TPSA) is 78.7 Å². The van der Waals surface area contributed by atoms with Crippen LogP contribution in [0.1, 0.15) is 29.3 Å². The van der Waals surface area contributed by atoms with E-state index in [0.717, 1.165) is 5.69 Å². The van der Waals surface area contributed by atoms with E-state index in [1.54, 1.807) is 17.7 Å². The Bertz CT molecular complexity index is 1250. The van der Waals surface area contributed by atoms with Gasteiger partial charge in [-0.25, -0.2) is 9.07 Å².